The summed E-state index contributed by atoms with van der Waals surface area (Å²) in [5.74, 6) is 1.09. The summed E-state index contributed by atoms with van der Waals surface area (Å²) in [6.07, 6.45) is 3.02. The van der Waals surface area contributed by atoms with Crippen molar-refractivity contribution in [3.8, 4) is 11.4 Å². The van der Waals surface area contributed by atoms with Gasteiger partial charge in [0.05, 0.1) is 22.0 Å². The number of carbonyl (C=O) groups excluding carboxylic acids is 1. The molecule has 1 aromatic heterocycles. The first-order valence-corrected chi connectivity index (χ1v) is 12.2. The van der Waals surface area contributed by atoms with Crippen molar-refractivity contribution in [3.63, 3.8) is 0 Å². The number of likely N-dealkylation sites (tertiary alicyclic amines) is 1. The van der Waals surface area contributed by atoms with Crippen LogP contribution in [0, 0.1) is 12.8 Å². The van der Waals surface area contributed by atoms with E-state index in [0.29, 0.717) is 11.1 Å². The van der Waals surface area contributed by atoms with Gasteiger partial charge in [-0.2, -0.15) is 0 Å². The van der Waals surface area contributed by atoms with Crippen molar-refractivity contribution < 1.29 is 4.79 Å². The van der Waals surface area contributed by atoms with Gasteiger partial charge in [0.1, 0.15) is 5.82 Å². The predicted octanol–water partition coefficient (Wildman–Crippen LogP) is 4.57. The number of halogens is 1. The molecule has 3 heterocycles. The molecule has 6 nitrogen and oxygen atoms in total. The Bertz CT molecular complexity index is 1170. The normalized spacial score (nSPS) is 21.6. The molecule has 2 aliphatic heterocycles. The number of imidazole rings is 1. The molecular formula is C26H32ClN5O. The molecule has 1 N–H and O–H groups in total. The molecule has 2 saturated heterocycles. The number of carbonyl (C=O) groups is 1. The second-order valence-electron chi connectivity index (χ2n) is 9.71. The van der Waals surface area contributed by atoms with E-state index in [0.717, 1.165) is 73.6 Å². The lowest BCUT2D eigenvalue weighted by atomic mass is 9.95. The average Bonchev–Trinajstić information content (AvgIpc) is 3.44. The number of aromatic nitrogens is 2. The molecule has 0 spiro atoms. The number of fused-ring (bicyclic) bond motifs is 1. The summed E-state index contributed by atoms with van der Waals surface area (Å²) in [6.45, 7) is 5.79. The number of rotatable bonds is 4. The van der Waals surface area contributed by atoms with Crippen LogP contribution in [0.1, 0.15) is 24.8 Å². The molecule has 2 aliphatic rings. The lowest BCUT2D eigenvalue weighted by Gasteiger charge is -2.37. The summed E-state index contributed by atoms with van der Waals surface area (Å²) in [4.78, 5) is 28.1. The number of aromatic amines is 1. The maximum atomic E-state index is 13.3. The molecule has 0 aliphatic carbocycles. The Kier molecular flexibility index (Phi) is 6.06. The number of nitrogens with zero attached hydrogens (tertiary/aromatic N) is 4. The minimum Gasteiger partial charge on any atom is -0.371 e. The van der Waals surface area contributed by atoms with E-state index in [1.54, 1.807) is 0 Å². The standard InChI is InChI=1S/C26H32ClN5O/c1-17-6-9-23-24(13-17)29-25(28-23)21-14-19(7-8-22(21)27)32-11-4-5-18(15-32)26(33)31(3)20-10-12-30(2)16-20/h6-9,13-14,18,20H,4-5,10-12,15-16H2,1-3H3,(H,28,29)/t18-,20?/m1/s1. The Labute approximate surface area is 200 Å². The van der Waals surface area contributed by atoms with Gasteiger partial charge in [-0.1, -0.05) is 17.7 Å². The van der Waals surface area contributed by atoms with Crippen molar-refractivity contribution in [2.75, 3.05) is 45.2 Å². The van der Waals surface area contributed by atoms with Crippen LogP contribution in [-0.4, -0.2) is 72.0 Å². The maximum Gasteiger partial charge on any atom is 0.227 e. The molecule has 0 saturated carbocycles. The van der Waals surface area contributed by atoms with E-state index in [4.69, 9.17) is 16.6 Å². The first kappa shape index (κ1) is 22.2. The Morgan fingerprint density at radius 3 is 2.79 bits per heavy atom. The zero-order valence-electron chi connectivity index (χ0n) is 19.6. The molecule has 174 valence electrons. The number of hydrogen-bond donors (Lipinski definition) is 1. The van der Waals surface area contributed by atoms with Crippen molar-refractivity contribution >= 4 is 34.2 Å². The van der Waals surface area contributed by atoms with Crippen LogP contribution in [0.25, 0.3) is 22.4 Å². The molecule has 33 heavy (non-hydrogen) atoms. The van der Waals surface area contributed by atoms with Crippen molar-refractivity contribution in [1.82, 2.24) is 19.8 Å². The third kappa shape index (κ3) is 4.46. The van der Waals surface area contributed by atoms with Crippen molar-refractivity contribution in [1.29, 1.82) is 0 Å². The van der Waals surface area contributed by atoms with E-state index < -0.39 is 0 Å². The number of aryl methyl sites for hydroxylation is 1. The zero-order chi connectivity index (χ0) is 23.1. The van der Waals surface area contributed by atoms with Crippen LogP contribution < -0.4 is 4.90 Å². The minimum absolute atomic E-state index is 0.0305. The molecule has 7 heteroatoms. The smallest absolute Gasteiger partial charge is 0.227 e. The topological polar surface area (TPSA) is 55.5 Å². The minimum atomic E-state index is 0.0305. The van der Waals surface area contributed by atoms with Gasteiger partial charge >= 0.3 is 0 Å². The van der Waals surface area contributed by atoms with Gasteiger partial charge in [0, 0.05) is 44.0 Å². The number of likely N-dealkylation sites (N-methyl/N-ethyl adjacent to an activating group) is 2. The predicted molar refractivity (Wildman–Crippen MR) is 135 cm³/mol. The number of amides is 1. The number of benzene rings is 2. The Hall–Kier alpha value is -2.57. The number of nitrogens with one attached hydrogen (secondary N) is 1. The van der Waals surface area contributed by atoms with Gasteiger partial charge in [0.25, 0.3) is 0 Å². The molecule has 5 rings (SSSR count). The monoisotopic (exact) mass is 465 g/mol. The van der Waals surface area contributed by atoms with Crippen LogP contribution in [0.3, 0.4) is 0 Å². The highest BCUT2D eigenvalue weighted by atomic mass is 35.5. The number of anilines is 1. The van der Waals surface area contributed by atoms with E-state index in [1.807, 2.05) is 18.0 Å². The average molecular weight is 466 g/mol. The van der Waals surface area contributed by atoms with Crippen LogP contribution in [0.15, 0.2) is 36.4 Å². The van der Waals surface area contributed by atoms with Gasteiger partial charge in [-0.3, -0.25) is 4.79 Å². The fraction of sp³-hybridized carbons (Fsp3) is 0.462. The van der Waals surface area contributed by atoms with E-state index in [1.165, 1.54) is 5.56 Å². The van der Waals surface area contributed by atoms with Gasteiger partial charge in [-0.15, -0.1) is 0 Å². The second kappa shape index (κ2) is 8.99. The largest absolute Gasteiger partial charge is 0.371 e. The highest BCUT2D eigenvalue weighted by Crippen LogP contribution is 2.33. The lowest BCUT2D eigenvalue weighted by molar-refractivity contribution is -0.136. The Morgan fingerprint density at radius 2 is 2.00 bits per heavy atom. The van der Waals surface area contributed by atoms with E-state index in [-0.39, 0.29) is 11.8 Å². The van der Waals surface area contributed by atoms with Crippen LogP contribution >= 0.6 is 11.6 Å². The number of piperidine rings is 1. The molecule has 2 aromatic carbocycles. The molecule has 0 bridgehead atoms. The van der Waals surface area contributed by atoms with E-state index in [9.17, 15) is 4.79 Å². The van der Waals surface area contributed by atoms with Crippen LogP contribution in [0.4, 0.5) is 5.69 Å². The molecular weight excluding hydrogens is 434 g/mol. The first-order valence-electron chi connectivity index (χ1n) is 11.9. The van der Waals surface area contributed by atoms with E-state index >= 15 is 0 Å². The second-order valence-corrected chi connectivity index (χ2v) is 10.1. The summed E-state index contributed by atoms with van der Waals surface area (Å²) >= 11 is 6.59. The summed E-state index contributed by atoms with van der Waals surface area (Å²) in [7, 11) is 4.11. The summed E-state index contributed by atoms with van der Waals surface area (Å²) in [5, 5.41) is 0.671. The first-order chi connectivity index (χ1) is 15.9. The molecule has 0 radical (unpaired) electrons. The van der Waals surface area contributed by atoms with Crippen LogP contribution in [0.2, 0.25) is 5.02 Å². The summed E-state index contributed by atoms with van der Waals surface area (Å²) in [6, 6.07) is 12.6. The fourth-order valence-electron chi connectivity index (χ4n) is 5.24. The van der Waals surface area contributed by atoms with Gasteiger partial charge in [0.2, 0.25) is 5.91 Å². The maximum absolute atomic E-state index is 13.3. The Balaban J connectivity index is 1.36. The number of H-pyrrole nitrogens is 1. The third-order valence-corrected chi connectivity index (χ3v) is 7.57. The summed E-state index contributed by atoms with van der Waals surface area (Å²) in [5.41, 5.74) is 5.10. The SMILES string of the molecule is Cc1ccc2[nH]c(-c3cc(N4CCC[C@@H](C(=O)N(C)C5CCN(C)C5)C4)ccc3Cl)nc2c1. The fourth-order valence-corrected chi connectivity index (χ4v) is 5.45. The van der Waals surface area contributed by atoms with Crippen molar-refractivity contribution in [2.45, 2.75) is 32.2 Å². The Morgan fingerprint density at radius 1 is 1.15 bits per heavy atom. The molecule has 1 amide bonds. The van der Waals surface area contributed by atoms with Crippen molar-refractivity contribution in [3.05, 3.63) is 47.0 Å². The van der Waals surface area contributed by atoms with Gasteiger partial charge < -0.3 is 19.7 Å². The lowest BCUT2D eigenvalue weighted by Crippen LogP contribution is -2.47. The highest BCUT2D eigenvalue weighted by Gasteiger charge is 2.33. The van der Waals surface area contributed by atoms with Crippen molar-refractivity contribution in [2.24, 2.45) is 5.92 Å². The quantitative estimate of drug-likeness (QED) is 0.613. The summed E-state index contributed by atoms with van der Waals surface area (Å²) < 4.78 is 0. The zero-order valence-corrected chi connectivity index (χ0v) is 20.4. The van der Waals surface area contributed by atoms with Crippen LogP contribution in [0.5, 0.6) is 0 Å². The third-order valence-electron chi connectivity index (χ3n) is 7.24. The molecule has 1 unspecified atom stereocenters. The van der Waals surface area contributed by atoms with E-state index in [2.05, 4.69) is 59.1 Å². The van der Waals surface area contributed by atoms with Crippen LogP contribution in [-0.2, 0) is 4.79 Å². The molecule has 2 atom stereocenters. The highest BCUT2D eigenvalue weighted by molar-refractivity contribution is 6.33. The molecule has 2 fully saturated rings. The van der Waals surface area contributed by atoms with Gasteiger partial charge in [0.15, 0.2) is 0 Å². The number of hydrogen-bond acceptors (Lipinski definition) is 4. The van der Waals surface area contributed by atoms with Gasteiger partial charge in [-0.25, -0.2) is 4.98 Å². The van der Waals surface area contributed by atoms with Gasteiger partial charge in [-0.05, 0) is 75.7 Å². The molecule has 3 aromatic rings.